The summed E-state index contributed by atoms with van der Waals surface area (Å²) in [5, 5.41) is 6.26. The first-order valence-corrected chi connectivity index (χ1v) is 15.5. The first-order chi connectivity index (χ1) is 20.2. The smallest absolute Gasteiger partial charge is 0.384 e. The molecule has 1 N–H and O–H groups in total. The van der Waals surface area contributed by atoms with Gasteiger partial charge in [-0.25, -0.2) is 0 Å². The Morgan fingerprint density at radius 2 is 0.857 bits per heavy atom. The molecule has 0 radical (unpaired) electrons. The van der Waals surface area contributed by atoms with Crippen LogP contribution in [0.5, 0.6) is 0 Å². The van der Waals surface area contributed by atoms with Crippen molar-refractivity contribution in [2.75, 3.05) is 0 Å². The number of fused-ring (bicyclic) bond motifs is 7. The zero-order valence-electron chi connectivity index (χ0n) is 24.8. The molecule has 0 saturated heterocycles. The molecule has 7 aromatic rings. The van der Waals surface area contributed by atoms with E-state index in [4.69, 9.17) is 8.39 Å². The highest BCUT2D eigenvalue weighted by atomic mass is 31.1. The van der Waals surface area contributed by atoms with Crippen molar-refractivity contribution < 1.29 is 13.3 Å². The SMILES string of the molecule is Cc1cc(C)c(-c2cc3ccccc3c3c2op(O)oc2c(-c4c(C)cc(C)cc4C)cc4ccccc4c23)c(C)c1. The second kappa shape index (κ2) is 9.91. The summed E-state index contributed by atoms with van der Waals surface area (Å²) in [5.74, 6) is 0. The van der Waals surface area contributed by atoms with Crippen LogP contribution in [0.2, 0.25) is 0 Å². The van der Waals surface area contributed by atoms with Gasteiger partial charge in [-0.15, -0.1) is 0 Å². The van der Waals surface area contributed by atoms with Gasteiger partial charge in [0.15, 0.2) is 11.2 Å². The van der Waals surface area contributed by atoms with E-state index in [1.165, 1.54) is 33.4 Å². The lowest BCUT2D eigenvalue weighted by Crippen LogP contribution is -1.93. The minimum Gasteiger partial charge on any atom is -0.398 e. The maximum atomic E-state index is 11.5. The van der Waals surface area contributed by atoms with Crippen LogP contribution in [0.1, 0.15) is 33.4 Å². The van der Waals surface area contributed by atoms with Gasteiger partial charge in [-0.2, -0.15) is 0 Å². The summed E-state index contributed by atoms with van der Waals surface area (Å²) >= 11 is 0. The normalized spacial score (nSPS) is 11.7. The average molecular weight is 569 g/mol. The Hall–Kier alpha value is -4.30. The molecule has 0 fully saturated rings. The standard InChI is InChI=1S/C38H33O3P/c1-21-15-23(3)33(24(4)16-21)31-19-27-11-7-9-13-29(27)35-36-30-14-10-8-12-28(30)20-32(38(36)41-42(39)40-37(31)35)34-25(5)17-22(2)18-26(34)6/h7-20,39H,1-6H3. The molecule has 0 aliphatic rings. The lowest BCUT2D eigenvalue weighted by atomic mass is 9.87. The minimum absolute atomic E-state index is 0.663. The van der Waals surface area contributed by atoms with Gasteiger partial charge >= 0.3 is 8.24 Å². The Bertz CT molecular complexity index is 2070. The highest BCUT2D eigenvalue weighted by Gasteiger charge is 2.22. The number of hydrogen-bond acceptors (Lipinski definition) is 3. The van der Waals surface area contributed by atoms with Crippen LogP contribution in [-0.2, 0) is 0 Å². The fraction of sp³-hybridized carbons (Fsp3) is 0.158. The van der Waals surface area contributed by atoms with E-state index in [9.17, 15) is 4.89 Å². The van der Waals surface area contributed by atoms with E-state index in [-0.39, 0.29) is 0 Å². The zero-order chi connectivity index (χ0) is 29.3. The van der Waals surface area contributed by atoms with Crippen LogP contribution in [0.4, 0.5) is 0 Å². The Morgan fingerprint density at radius 3 is 1.24 bits per heavy atom. The molecule has 208 valence electrons. The molecular formula is C38H33O3P. The van der Waals surface area contributed by atoms with Crippen molar-refractivity contribution in [1.29, 1.82) is 0 Å². The summed E-state index contributed by atoms with van der Waals surface area (Å²) in [6.07, 6.45) is 0. The van der Waals surface area contributed by atoms with Gasteiger partial charge in [0.25, 0.3) is 0 Å². The fourth-order valence-corrected chi connectivity index (χ4v) is 7.83. The lowest BCUT2D eigenvalue weighted by molar-refractivity contribution is 0.496. The molecule has 42 heavy (non-hydrogen) atoms. The van der Waals surface area contributed by atoms with Crippen LogP contribution in [0, 0.1) is 41.5 Å². The highest BCUT2D eigenvalue weighted by Crippen LogP contribution is 2.48. The first-order valence-electron chi connectivity index (χ1n) is 14.3. The van der Waals surface area contributed by atoms with Gasteiger partial charge in [0.1, 0.15) is 0 Å². The third-order valence-electron chi connectivity index (χ3n) is 8.48. The third kappa shape index (κ3) is 4.16. The average Bonchev–Trinajstić information content (AvgIpc) is 3.08. The number of aryl methyl sites for hydroxylation is 6. The van der Waals surface area contributed by atoms with Crippen LogP contribution in [0.3, 0.4) is 0 Å². The molecule has 0 aliphatic carbocycles. The van der Waals surface area contributed by atoms with Gasteiger partial charge in [0.2, 0.25) is 0 Å². The number of benzene rings is 6. The van der Waals surface area contributed by atoms with Crippen molar-refractivity contribution in [1.82, 2.24) is 0 Å². The van der Waals surface area contributed by atoms with Crippen LogP contribution in [0.15, 0.2) is 93.3 Å². The Morgan fingerprint density at radius 1 is 0.500 bits per heavy atom. The molecule has 0 aliphatic heterocycles. The van der Waals surface area contributed by atoms with E-state index in [1.807, 2.05) is 0 Å². The van der Waals surface area contributed by atoms with Crippen molar-refractivity contribution in [3.05, 3.63) is 118 Å². The van der Waals surface area contributed by atoms with Crippen molar-refractivity contribution in [3.8, 4) is 22.3 Å². The monoisotopic (exact) mass is 568 g/mol. The topological polar surface area (TPSA) is 46.5 Å². The molecule has 3 nitrogen and oxygen atoms in total. The van der Waals surface area contributed by atoms with Crippen molar-refractivity contribution >= 4 is 51.7 Å². The lowest BCUT2D eigenvalue weighted by Gasteiger charge is -2.16. The van der Waals surface area contributed by atoms with Gasteiger partial charge in [0.05, 0.1) is 0 Å². The van der Waals surface area contributed by atoms with E-state index in [0.717, 1.165) is 54.6 Å². The quantitative estimate of drug-likeness (QED) is 0.226. The zero-order valence-corrected chi connectivity index (χ0v) is 25.7. The van der Waals surface area contributed by atoms with Crippen molar-refractivity contribution in [3.63, 3.8) is 0 Å². The van der Waals surface area contributed by atoms with Crippen LogP contribution in [-0.4, -0.2) is 4.89 Å². The first kappa shape index (κ1) is 26.6. The molecule has 0 amide bonds. The predicted octanol–water partition coefficient (Wildman–Crippen LogP) is 11.5. The second-order valence-electron chi connectivity index (χ2n) is 11.7. The van der Waals surface area contributed by atoms with Crippen molar-refractivity contribution in [2.24, 2.45) is 0 Å². The minimum atomic E-state index is -2.27. The van der Waals surface area contributed by atoms with Gasteiger partial charge in [-0.3, -0.25) is 4.89 Å². The Balaban J connectivity index is 1.81. The number of hydrogen-bond donors (Lipinski definition) is 1. The van der Waals surface area contributed by atoms with Gasteiger partial charge in [-0.1, -0.05) is 83.9 Å². The maximum absolute atomic E-state index is 11.5. The third-order valence-corrected chi connectivity index (χ3v) is 9.16. The molecule has 0 spiro atoms. The Labute approximate surface area is 246 Å². The van der Waals surface area contributed by atoms with Crippen LogP contribution >= 0.6 is 8.24 Å². The van der Waals surface area contributed by atoms with Crippen LogP contribution < -0.4 is 0 Å². The summed E-state index contributed by atoms with van der Waals surface area (Å²) in [6, 6.07) is 30.2. The van der Waals surface area contributed by atoms with Gasteiger partial charge < -0.3 is 8.39 Å². The molecule has 0 unspecified atom stereocenters. The molecule has 0 saturated carbocycles. The largest absolute Gasteiger partial charge is 0.398 e. The molecule has 1 heterocycles. The summed E-state index contributed by atoms with van der Waals surface area (Å²) in [6.45, 7) is 12.8. The molecule has 1 aromatic heterocycles. The fourth-order valence-electron chi connectivity index (χ4n) is 7.10. The van der Waals surface area contributed by atoms with Gasteiger partial charge in [-0.05, 0) is 109 Å². The van der Waals surface area contributed by atoms with Crippen LogP contribution in [0.25, 0.3) is 65.7 Å². The molecular weight excluding hydrogens is 535 g/mol. The predicted molar refractivity (Wildman–Crippen MR) is 178 cm³/mol. The van der Waals surface area contributed by atoms with E-state index < -0.39 is 8.24 Å². The molecule has 4 heteroatoms. The van der Waals surface area contributed by atoms with E-state index >= 15 is 0 Å². The second-order valence-corrected chi connectivity index (χ2v) is 12.5. The summed E-state index contributed by atoms with van der Waals surface area (Å²) in [7, 11) is -2.27. The van der Waals surface area contributed by atoms with E-state index in [0.29, 0.717) is 11.2 Å². The van der Waals surface area contributed by atoms with Crippen molar-refractivity contribution in [2.45, 2.75) is 41.5 Å². The van der Waals surface area contributed by atoms with E-state index in [1.54, 1.807) is 0 Å². The molecule has 0 bridgehead atoms. The maximum Gasteiger partial charge on any atom is 0.384 e. The highest BCUT2D eigenvalue weighted by molar-refractivity contribution is 7.30. The molecule has 7 rings (SSSR count). The van der Waals surface area contributed by atoms with Gasteiger partial charge in [0, 0.05) is 21.9 Å². The number of rotatable bonds is 2. The Kier molecular flexibility index (Phi) is 6.27. The summed E-state index contributed by atoms with van der Waals surface area (Å²) in [5.41, 5.74) is 12.6. The van der Waals surface area contributed by atoms with E-state index in [2.05, 4.69) is 126 Å². The summed E-state index contributed by atoms with van der Waals surface area (Å²) < 4.78 is 13.0. The summed E-state index contributed by atoms with van der Waals surface area (Å²) in [4.78, 5) is 11.5. The molecule has 6 aromatic carbocycles. The molecule has 0 atom stereocenters.